The molecule has 0 aromatic heterocycles. The van der Waals surface area contributed by atoms with Crippen LogP contribution >= 0.6 is 0 Å². The van der Waals surface area contributed by atoms with E-state index in [0.717, 1.165) is 25.9 Å². The van der Waals surface area contributed by atoms with Crippen LogP contribution in [0, 0.1) is 5.92 Å². The lowest BCUT2D eigenvalue weighted by Gasteiger charge is -2.29. The number of rotatable bonds is 6. The van der Waals surface area contributed by atoms with Gasteiger partial charge in [0.1, 0.15) is 13.2 Å². The van der Waals surface area contributed by atoms with Crippen LogP contribution in [0.5, 0.6) is 0 Å². The van der Waals surface area contributed by atoms with Crippen molar-refractivity contribution in [3.05, 3.63) is 0 Å². The standard InChI is InChI=1S/C12H21N3O5/c1-15-4-2-3-9(6-15)5-13-12(19)14-10(16)7-20-8-11(17)18/h9H,2-8H2,1H3,(H,17,18)(H2,13,14,16,19). The van der Waals surface area contributed by atoms with Crippen LogP contribution in [0.3, 0.4) is 0 Å². The molecule has 8 heteroatoms. The molecule has 3 amide bonds. The number of likely N-dealkylation sites (tertiary alicyclic amines) is 1. The van der Waals surface area contributed by atoms with Crippen LogP contribution in [-0.4, -0.2) is 67.8 Å². The Labute approximate surface area is 117 Å². The van der Waals surface area contributed by atoms with Crippen LogP contribution < -0.4 is 10.6 Å². The summed E-state index contributed by atoms with van der Waals surface area (Å²) in [5, 5.41) is 13.0. The SMILES string of the molecule is CN1CCCC(CNC(=O)NC(=O)COCC(=O)O)C1. The van der Waals surface area contributed by atoms with Crippen LogP contribution in [0.2, 0.25) is 0 Å². The third-order valence-corrected chi connectivity index (χ3v) is 2.99. The summed E-state index contributed by atoms with van der Waals surface area (Å²) in [7, 11) is 2.04. The monoisotopic (exact) mass is 287 g/mol. The number of carboxylic acids is 1. The largest absolute Gasteiger partial charge is 0.480 e. The molecule has 1 saturated heterocycles. The van der Waals surface area contributed by atoms with Crippen molar-refractivity contribution in [1.82, 2.24) is 15.5 Å². The van der Waals surface area contributed by atoms with Crippen molar-refractivity contribution in [3.63, 3.8) is 0 Å². The van der Waals surface area contributed by atoms with Crippen molar-refractivity contribution in [3.8, 4) is 0 Å². The van der Waals surface area contributed by atoms with Gasteiger partial charge in [0.25, 0.3) is 5.91 Å². The van der Waals surface area contributed by atoms with Crippen molar-refractivity contribution in [2.45, 2.75) is 12.8 Å². The molecule has 0 saturated carbocycles. The fourth-order valence-corrected chi connectivity index (χ4v) is 2.11. The molecule has 1 atom stereocenters. The highest BCUT2D eigenvalue weighted by atomic mass is 16.5. The number of imide groups is 1. The number of piperidine rings is 1. The van der Waals surface area contributed by atoms with Crippen LogP contribution in [0.1, 0.15) is 12.8 Å². The molecule has 1 fully saturated rings. The molecular weight excluding hydrogens is 266 g/mol. The minimum absolute atomic E-state index is 0.387. The van der Waals surface area contributed by atoms with Crippen LogP contribution in [-0.2, 0) is 14.3 Å². The Hall–Kier alpha value is -1.67. The minimum atomic E-state index is -1.16. The number of ether oxygens (including phenoxy) is 1. The number of nitrogens with zero attached hydrogens (tertiary/aromatic N) is 1. The van der Waals surface area contributed by atoms with Gasteiger partial charge < -0.3 is 20.1 Å². The van der Waals surface area contributed by atoms with Gasteiger partial charge in [0.2, 0.25) is 0 Å². The maximum atomic E-state index is 11.4. The number of aliphatic carboxylic acids is 1. The van der Waals surface area contributed by atoms with E-state index in [9.17, 15) is 14.4 Å². The molecule has 0 aliphatic carbocycles. The summed E-state index contributed by atoms with van der Waals surface area (Å²) in [6.07, 6.45) is 2.16. The number of carbonyl (C=O) groups excluding carboxylic acids is 2. The number of hydrogen-bond donors (Lipinski definition) is 3. The lowest BCUT2D eigenvalue weighted by atomic mass is 9.99. The van der Waals surface area contributed by atoms with E-state index in [4.69, 9.17) is 5.11 Å². The number of carbonyl (C=O) groups is 3. The number of hydrogen-bond acceptors (Lipinski definition) is 5. The van der Waals surface area contributed by atoms with Crippen LogP contribution in [0.25, 0.3) is 0 Å². The minimum Gasteiger partial charge on any atom is -0.480 e. The Morgan fingerprint density at radius 2 is 2.10 bits per heavy atom. The molecule has 0 aromatic rings. The van der Waals surface area contributed by atoms with Gasteiger partial charge in [-0.25, -0.2) is 9.59 Å². The number of carboxylic acid groups (broad SMARTS) is 1. The second-order valence-corrected chi connectivity index (χ2v) is 4.92. The zero-order valence-corrected chi connectivity index (χ0v) is 11.6. The van der Waals surface area contributed by atoms with Gasteiger partial charge >= 0.3 is 12.0 Å². The zero-order chi connectivity index (χ0) is 15.0. The van der Waals surface area contributed by atoms with Gasteiger partial charge in [-0.15, -0.1) is 0 Å². The Morgan fingerprint density at radius 1 is 1.35 bits per heavy atom. The summed E-state index contributed by atoms with van der Waals surface area (Å²) < 4.78 is 4.57. The Balaban J connectivity index is 2.13. The molecule has 0 radical (unpaired) electrons. The molecule has 20 heavy (non-hydrogen) atoms. The summed E-state index contributed by atoms with van der Waals surface area (Å²) in [5.41, 5.74) is 0. The zero-order valence-electron chi connectivity index (χ0n) is 11.6. The maximum Gasteiger partial charge on any atom is 0.329 e. The van der Waals surface area contributed by atoms with Gasteiger partial charge in [-0.2, -0.15) is 0 Å². The molecule has 1 aliphatic rings. The van der Waals surface area contributed by atoms with Crippen LogP contribution in [0.15, 0.2) is 0 Å². The third-order valence-electron chi connectivity index (χ3n) is 2.99. The first-order chi connectivity index (χ1) is 9.47. The highest BCUT2D eigenvalue weighted by Crippen LogP contribution is 2.13. The second-order valence-electron chi connectivity index (χ2n) is 4.92. The average molecular weight is 287 g/mol. The van der Waals surface area contributed by atoms with E-state index in [1.165, 1.54) is 0 Å². The lowest BCUT2D eigenvalue weighted by Crippen LogP contribution is -2.45. The molecule has 0 aromatic carbocycles. The van der Waals surface area contributed by atoms with Crippen molar-refractivity contribution >= 4 is 17.9 Å². The van der Waals surface area contributed by atoms with E-state index < -0.39 is 31.1 Å². The Bertz CT molecular complexity index is 361. The Morgan fingerprint density at radius 3 is 2.75 bits per heavy atom. The molecule has 3 N–H and O–H groups in total. The average Bonchev–Trinajstić information content (AvgIpc) is 2.36. The lowest BCUT2D eigenvalue weighted by molar-refractivity contribution is -0.143. The van der Waals surface area contributed by atoms with E-state index in [1.807, 2.05) is 7.05 Å². The highest BCUT2D eigenvalue weighted by molar-refractivity contribution is 5.94. The molecule has 1 heterocycles. The molecule has 114 valence electrons. The summed E-state index contributed by atoms with van der Waals surface area (Å²) in [4.78, 5) is 35.1. The number of nitrogens with one attached hydrogen (secondary N) is 2. The molecule has 1 rings (SSSR count). The normalized spacial score (nSPS) is 19.4. The van der Waals surface area contributed by atoms with E-state index >= 15 is 0 Å². The van der Waals surface area contributed by atoms with Crippen molar-refractivity contribution in [1.29, 1.82) is 0 Å². The van der Waals surface area contributed by atoms with Gasteiger partial charge in [-0.05, 0) is 32.4 Å². The van der Waals surface area contributed by atoms with Gasteiger partial charge in [0.05, 0.1) is 0 Å². The first-order valence-electron chi connectivity index (χ1n) is 6.53. The van der Waals surface area contributed by atoms with Gasteiger partial charge in [-0.1, -0.05) is 0 Å². The number of amides is 3. The smallest absolute Gasteiger partial charge is 0.329 e. The predicted octanol–water partition coefficient (Wildman–Crippen LogP) is -0.745. The van der Waals surface area contributed by atoms with Gasteiger partial charge in [0, 0.05) is 13.1 Å². The molecule has 8 nitrogen and oxygen atoms in total. The Kier molecular flexibility index (Phi) is 6.96. The van der Waals surface area contributed by atoms with Crippen molar-refractivity contribution in [2.24, 2.45) is 5.92 Å². The maximum absolute atomic E-state index is 11.4. The first kappa shape index (κ1) is 16.4. The highest BCUT2D eigenvalue weighted by Gasteiger charge is 2.18. The second kappa shape index (κ2) is 8.49. The van der Waals surface area contributed by atoms with E-state index in [0.29, 0.717) is 12.5 Å². The van der Waals surface area contributed by atoms with E-state index in [-0.39, 0.29) is 0 Å². The number of urea groups is 1. The third kappa shape index (κ3) is 7.05. The molecule has 1 unspecified atom stereocenters. The fourth-order valence-electron chi connectivity index (χ4n) is 2.11. The summed E-state index contributed by atoms with van der Waals surface area (Å²) >= 11 is 0. The van der Waals surface area contributed by atoms with Crippen molar-refractivity contribution in [2.75, 3.05) is 39.9 Å². The predicted molar refractivity (Wildman–Crippen MR) is 70.2 cm³/mol. The fraction of sp³-hybridized carbons (Fsp3) is 0.750. The summed E-state index contributed by atoms with van der Waals surface area (Å²) in [6, 6.07) is -0.581. The summed E-state index contributed by atoms with van der Waals surface area (Å²) in [5.74, 6) is -1.44. The van der Waals surface area contributed by atoms with Crippen molar-refractivity contribution < 1.29 is 24.2 Å². The molecular formula is C12H21N3O5. The summed E-state index contributed by atoms with van der Waals surface area (Å²) in [6.45, 7) is 1.49. The molecule has 0 bridgehead atoms. The van der Waals surface area contributed by atoms with E-state index in [2.05, 4.69) is 20.3 Å². The first-order valence-corrected chi connectivity index (χ1v) is 6.53. The van der Waals surface area contributed by atoms with E-state index in [1.54, 1.807) is 0 Å². The van der Waals surface area contributed by atoms with Gasteiger partial charge in [-0.3, -0.25) is 10.1 Å². The molecule has 1 aliphatic heterocycles. The van der Waals surface area contributed by atoms with Gasteiger partial charge in [0.15, 0.2) is 0 Å². The molecule has 0 spiro atoms. The quantitative estimate of drug-likeness (QED) is 0.593. The topological polar surface area (TPSA) is 108 Å². The van der Waals surface area contributed by atoms with Crippen LogP contribution in [0.4, 0.5) is 4.79 Å².